The Bertz CT molecular complexity index is 1240. The molecule has 6 nitrogen and oxygen atoms in total. The molecule has 0 radical (unpaired) electrons. The first-order chi connectivity index (χ1) is 16.8. The lowest BCUT2D eigenvalue weighted by Gasteiger charge is -2.28. The zero-order valence-corrected chi connectivity index (χ0v) is 20.5. The lowest BCUT2D eigenvalue weighted by molar-refractivity contribution is -0.117. The second kappa shape index (κ2) is 11.1. The number of carbonyl (C=O) groups is 1. The number of piperidine rings is 1. The second-order valence-corrected chi connectivity index (χ2v) is 10.8. The number of nitrogens with zero attached hydrogens (tertiary/aromatic N) is 2. The topological polar surface area (TPSA) is 69.7 Å². The molecule has 0 aliphatic carbocycles. The van der Waals surface area contributed by atoms with E-state index >= 15 is 0 Å². The number of benzene rings is 3. The number of likely N-dealkylation sites (N-methyl/N-ethyl adjacent to an activating group) is 1. The van der Waals surface area contributed by atoms with Gasteiger partial charge in [-0.25, -0.2) is 12.8 Å². The summed E-state index contributed by atoms with van der Waals surface area (Å²) in [4.78, 5) is 15.0. The van der Waals surface area contributed by atoms with Gasteiger partial charge in [0.2, 0.25) is 15.9 Å². The summed E-state index contributed by atoms with van der Waals surface area (Å²) in [6, 6.07) is 22.1. The summed E-state index contributed by atoms with van der Waals surface area (Å²) >= 11 is 0. The third-order valence-corrected chi connectivity index (χ3v) is 8.10. The van der Waals surface area contributed by atoms with Gasteiger partial charge in [-0.3, -0.25) is 9.69 Å². The molecule has 184 valence electrons. The highest BCUT2D eigenvalue weighted by Crippen LogP contribution is 2.28. The average Bonchev–Trinajstić information content (AvgIpc) is 2.86. The van der Waals surface area contributed by atoms with Crippen LogP contribution in [0.5, 0.6) is 0 Å². The van der Waals surface area contributed by atoms with Gasteiger partial charge in [0.15, 0.2) is 0 Å². The Kier molecular flexibility index (Phi) is 7.95. The van der Waals surface area contributed by atoms with E-state index in [1.54, 1.807) is 30.3 Å². The summed E-state index contributed by atoms with van der Waals surface area (Å²) in [6.45, 7) is 1.10. The Balaban J connectivity index is 1.49. The molecular weight excluding hydrogens is 465 g/mol. The summed E-state index contributed by atoms with van der Waals surface area (Å²) in [5, 5.41) is 2.83. The lowest BCUT2D eigenvalue weighted by atomic mass is 9.97. The number of hydrogen-bond donors (Lipinski definition) is 1. The molecule has 1 atom stereocenters. The van der Waals surface area contributed by atoms with Crippen molar-refractivity contribution in [2.75, 3.05) is 32.0 Å². The van der Waals surface area contributed by atoms with Gasteiger partial charge in [-0.05, 0) is 61.3 Å². The molecule has 1 amide bonds. The normalized spacial score (nSPS) is 15.6. The number of nitrogens with one attached hydrogen (secondary N) is 1. The fourth-order valence-corrected chi connectivity index (χ4v) is 6.05. The molecule has 8 heteroatoms. The van der Waals surface area contributed by atoms with Crippen LogP contribution in [-0.2, 0) is 14.8 Å². The Labute approximate surface area is 206 Å². The number of sulfonamides is 1. The standard InChI is InChI=1S/C27H30FN3O3S/c1-30(27(21-9-4-2-5-10-21)22-13-15-23(28)16-14-22)20-26(32)29-24-11-8-12-25(19-24)35(33,34)31-17-6-3-7-18-31/h2,4-5,8-16,19,27H,3,6-7,17-18,20H2,1H3,(H,29,32). The van der Waals surface area contributed by atoms with Gasteiger partial charge in [-0.15, -0.1) is 0 Å². The number of hydrogen-bond acceptors (Lipinski definition) is 4. The molecule has 1 N–H and O–H groups in total. The van der Waals surface area contributed by atoms with Gasteiger partial charge >= 0.3 is 0 Å². The molecule has 1 aliphatic heterocycles. The van der Waals surface area contributed by atoms with Crippen LogP contribution in [0.3, 0.4) is 0 Å². The zero-order valence-electron chi connectivity index (χ0n) is 19.7. The van der Waals surface area contributed by atoms with E-state index < -0.39 is 10.0 Å². The Morgan fingerprint density at radius 1 is 0.943 bits per heavy atom. The maximum atomic E-state index is 13.5. The number of amides is 1. The minimum atomic E-state index is -3.59. The smallest absolute Gasteiger partial charge is 0.243 e. The van der Waals surface area contributed by atoms with Gasteiger partial charge in [0, 0.05) is 18.8 Å². The van der Waals surface area contributed by atoms with Crippen molar-refractivity contribution < 1.29 is 17.6 Å². The third-order valence-electron chi connectivity index (χ3n) is 6.21. The Morgan fingerprint density at radius 3 is 2.29 bits per heavy atom. The molecule has 1 unspecified atom stereocenters. The van der Waals surface area contributed by atoms with E-state index in [4.69, 9.17) is 0 Å². The van der Waals surface area contributed by atoms with E-state index in [0.29, 0.717) is 18.8 Å². The van der Waals surface area contributed by atoms with Crippen LogP contribution < -0.4 is 5.32 Å². The van der Waals surface area contributed by atoms with E-state index in [2.05, 4.69) is 5.32 Å². The monoisotopic (exact) mass is 495 g/mol. The number of carbonyl (C=O) groups excluding carboxylic acids is 1. The van der Waals surface area contributed by atoms with Crippen LogP contribution in [0.2, 0.25) is 0 Å². The second-order valence-electron chi connectivity index (χ2n) is 8.82. The van der Waals surface area contributed by atoms with E-state index in [9.17, 15) is 17.6 Å². The molecule has 0 spiro atoms. The van der Waals surface area contributed by atoms with Crippen molar-refractivity contribution in [3.05, 3.63) is 95.8 Å². The van der Waals surface area contributed by atoms with Gasteiger partial charge in [-0.1, -0.05) is 55.0 Å². The molecule has 35 heavy (non-hydrogen) atoms. The summed E-state index contributed by atoms with van der Waals surface area (Å²) in [6.07, 6.45) is 2.76. The molecule has 3 aromatic carbocycles. The van der Waals surface area contributed by atoms with Crippen LogP contribution in [0.15, 0.2) is 83.8 Å². The number of halogens is 1. The predicted molar refractivity (Wildman–Crippen MR) is 135 cm³/mol. The van der Waals surface area contributed by atoms with Gasteiger partial charge < -0.3 is 5.32 Å². The van der Waals surface area contributed by atoms with E-state index in [1.807, 2.05) is 42.3 Å². The first-order valence-electron chi connectivity index (χ1n) is 11.8. The van der Waals surface area contributed by atoms with E-state index in [0.717, 1.165) is 30.4 Å². The maximum absolute atomic E-state index is 13.5. The Hall–Kier alpha value is -3.07. The number of anilines is 1. The summed E-state index contributed by atoms with van der Waals surface area (Å²) in [5.41, 5.74) is 2.27. The summed E-state index contributed by atoms with van der Waals surface area (Å²) in [5.74, 6) is -0.594. The predicted octanol–water partition coefficient (Wildman–Crippen LogP) is 4.66. The maximum Gasteiger partial charge on any atom is 0.243 e. The van der Waals surface area contributed by atoms with Crippen LogP contribution in [-0.4, -0.2) is 50.2 Å². The van der Waals surface area contributed by atoms with Crippen molar-refractivity contribution in [1.82, 2.24) is 9.21 Å². The van der Waals surface area contributed by atoms with Crippen LogP contribution in [0.1, 0.15) is 36.4 Å². The van der Waals surface area contributed by atoms with Crippen LogP contribution in [0.4, 0.5) is 10.1 Å². The van der Waals surface area contributed by atoms with Crippen molar-refractivity contribution >= 4 is 21.6 Å². The molecule has 1 heterocycles. The van der Waals surface area contributed by atoms with Gasteiger partial charge in [-0.2, -0.15) is 4.31 Å². The SMILES string of the molecule is CN(CC(=O)Nc1cccc(S(=O)(=O)N2CCCCC2)c1)C(c1ccccc1)c1ccc(F)cc1. The lowest BCUT2D eigenvalue weighted by Crippen LogP contribution is -2.35. The molecule has 1 aliphatic rings. The molecule has 1 fully saturated rings. The zero-order chi connectivity index (χ0) is 24.8. The average molecular weight is 496 g/mol. The molecule has 3 aromatic rings. The van der Waals surface area contributed by atoms with Gasteiger partial charge in [0.05, 0.1) is 17.5 Å². The molecule has 0 saturated carbocycles. The molecule has 1 saturated heterocycles. The first-order valence-corrected chi connectivity index (χ1v) is 13.2. The highest BCUT2D eigenvalue weighted by molar-refractivity contribution is 7.89. The van der Waals surface area contributed by atoms with E-state index in [1.165, 1.54) is 22.5 Å². The molecular formula is C27H30FN3O3S. The van der Waals surface area contributed by atoms with E-state index in [-0.39, 0.29) is 29.2 Å². The van der Waals surface area contributed by atoms with Crippen LogP contribution >= 0.6 is 0 Å². The molecule has 4 rings (SSSR count). The van der Waals surface area contributed by atoms with Gasteiger partial charge in [0.1, 0.15) is 5.82 Å². The van der Waals surface area contributed by atoms with Crippen molar-refractivity contribution in [3.63, 3.8) is 0 Å². The van der Waals surface area contributed by atoms with Gasteiger partial charge in [0.25, 0.3) is 0 Å². The van der Waals surface area contributed by atoms with Crippen LogP contribution in [0, 0.1) is 5.82 Å². The highest BCUT2D eigenvalue weighted by atomic mass is 32.2. The molecule has 0 bridgehead atoms. The Morgan fingerprint density at radius 2 is 1.60 bits per heavy atom. The first kappa shape index (κ1) is 25.0. The highest BCUT2D eigenvalue weighted by Gasteiger charge is 2.26. The summed E-state index contributed by atoms with van der Waals surface area (Å²) < 4.78 is 41.0. The van der Waals surface area contributed by atoms with Crippen molar-refractivity contribution in [2.24, 2.45) is 0 Å². The summed E-state index contributed by atoms with van der Waals surface area (Å²) in [7, 11) is -1.76. The fourth-order valence-electron chi connectivity index (χ4n) is 4.49. The minimum absolute atomic E-state index is 0.0556. The van der Waals surface area contributed by atoms with Crippen LogP contribution in [0.25, 0.3) is 0 Å². The number of rotatable bonds is 8. The quantitative estimate of drug-likeness (QED) is 0.494. The fraction of sp³-hybridized carbons (Fsp3) is 0.296. The molecule has 0 aromatic heterocycles. The van der Waals surface area contributed by atoms with Crippen molar-refractivity contribution in [1.29, 1.82) is 0 Å². The third kappa shape index (κ3) is 6.14. The largest absolute Gasteiger partial charge is 0.325 e. The van der Waals surface area contributed by atoms with Crippen molar-refractivity contribution in [2.45, 2.75) is 30.2 Å². The minimum Gasteiger partial charge on any atom is -0.325 e. The van der Waals surface area contributed by atoms with Crippen molar-refractivity contribution in [3.8, 4) is 0 Å².